The van der Waals surface area contributed by atoms with Gasteiger partial charge >= 0.3 is 0 Å². The molecule has 0 aromatic rings. The van der Waals surface area contributed by atoms with E-state index in [-0.39, 0.29) is 25.2 Å². The Morgan fingerprint density at radius 2 is 1.89 bits per heavy atom. The molecular formula is C14H26N2O2. The highest BCUT2D eigenvalue weighted by Gasteiger charge is 2.33. The Bertz CT molecular complexity index is 259. The van der Waals surface area contributed by atoms with Crippen LogP contribution in [0.1, 0.15) is 39.0 Å². The first-order valence-corrected chi connectivity index (χ1v) is 7.12. The zero-order chi connectivity index (χ0) is 13.4. The fourth-order valence-corrected chi connectivity index (χ4v) is 3.16. The summed E-state index contributed by atoms with van der Waals surface area (Å²) in [6.07, 6.45) is 5.55. The van der Waals surface area contributed by atoms with Gasteiger partial charge in [0.25, 0.3) is 0 Å². The minimum Gasteiger partial charge on any atom is -0.395 e. The number of rotatable bonds is 7. The van der Waals surface area contributed by atoms with Gasteiger partial charge in [-0.25, -0.2) is 0 Å². The molecule has 3 unspecified atom stereocenters. The van der Waals surface area contributed by atoms with E-state index in [1.54, 1.807) is 0 Å². The van der Waals surface area contributed by atoms with Gasteiger partial charge in [0.05, 0.1) is 25.2 Å². The lowest BCUT2D eigenvalue weighted by molar-refractivity contribution is 0.0648. The summed E-state index contributed by atoms with van der Waals surface area (Å²) in [6.45, 7) is 3.50. The molecule has 1 rings (SSSR count). The molecule has 0 amide bonds. The van der Waals surface area contributed by atoms with Crippen molar-refractivity contribution in [1.82, 2.24) is 4.90 Å². The summed E-state index contributed by atoms with van der Waals surface area (Å²) in [5.41, 5.74) is 0. The van der Waals surface area contributed by atoms with Crippen LogP contribution in [0.2, 0.25) is 0 Å². The van der Waals surface area contributed by atoms with Crippen molar-refractivity contribution >= 4 is 0 Å². The van der Waals surface area contributed by atoms with Crippen molar-refractivity contribution in [3.05, 3.63) is 0 Å². The van der Waals surface area contributed by atoms with Crippen molar-refractivity contribution in [2.45, 2.75) is 45.1 Å². The molecule has 4 heteroatoms. The maximum atomic E-state index is 9.26. The number of hydrogen-bond acceptors (Lipinski definition) is 4. The zero-order valence-electron chi connectivity index (χ0n) is 11.4. The summed E-state index contributed by atoms with van der Waals surface area (Å²) in [5, 5.41) is 27.5. The summed E-state index contributed by atoms with van der Waals surface area (Å²) >= 11 is 0. The van der Waals surface area contributed by atoms with Gasteiger partial charge < -0.3 is 10.2 Å². The van der Waals surface area contributed by atoms with E-state index in [1.165, 1.54) is 12.8 Å². The molecule has 0 aliphatic heterocycles. The summed E-state index contributed by atoms with van der Waals surface area (Å²) in [4.78, 5) is 2.09. The first-order chi connectivity index (χ1) is 8.76. The summed E-state index contributed by atoms with van der Waals surface area (Å²) in [7, 11) is 0. The minimum atomic E-state index is 0.0520. The second kappa shape index (κ2) is 8.47. The quantitative estimate of drug-likeness (QED) is 0.720. The van der Waals surface area contributed by atoms with Gasteiger partial charge in [-0.3, -0.25) is 4.90 Å². The van der Waals surface area contributed by atoms with Crippen LogP contribution in [0.4, 0.5) is 0 Å². The Kier molecular flexibility index (Phi) is 7.26. The zero-order valence-corrected chi connectivity index (χ0v) is 11.4. The molecule has 1 fully saturated rings. The Hall–Kier alpha value is -0.630. The van der Waals surface area contributed by atoms with Gasteiger partial charge in [-0.05, 0) is 25.2 Å². The lowest BCUT2D eigenvalue weighted by Gasteiger charge is -2.40. The molecule has 4 nitrogen and oxygen atoms in total. The van der Waals surface area contributed by atoms with E-state index in [1.807, 2.05) is 0 Å². The molecule has 0 heterocycles. The second-order valence-corrected chi connectivity index (χ2v) is 5.25. The maximum Gasteiger partial charge on any atom is 0.0672 e. The molecule has 2 N–H and O–H groups in total. The third kappa shape index (κ3) is 4.24. The van der Waals surface area contributed by atoms with Crippen LogP contribution in [-0.4, -0.2) is 47.5 Å². The van der Waals surface area contributed by atoms with Crippen LogP contribution in [0.5, 0.6) is 0 Å². The van der Waals surface area contributed by atoms with Gasteiger partial charge in [0.1, 0.15) is 0 Å². The normalized spacial score (nSPS) is 28.3. The molecule has 0 radical (unpaired) electrons. The SMILES string of the molecule is CCCC1CCC(C#N)C(N(CCO)CCO)C1. The standard InChI is InChI=1S/C14H26N2O2/c1-2-3-12-4-5-13(11-15)14(10-12)16(6-8-17)7-9-18/h12-14,17-18H,2-10H2,1H3. The van der Waals surface area contributed by atoms with Crippen LogP contribution < -0.4 is 0 Å². The molecule has 0 aromatic heterocycles. The first-order valence-electron chi connectivity index (χ1n) is 7.12. The number of aliphatic hydroxyl groups is 2. The number of nitriles is 1. The van der Waals surface area contributed by atoms with E-state index >= 15 is 0 Å². The van der Waals surface area contributed by atoms with Crippen LogP contribution in [0.3, 0.4) is 0 Å². The second-order valence-electron chi connectivity index (χ2n) is 5.25. The predicted octanol–water partition coefficient (Wildman–Crippen LogP) is 1.38. The highest BCUT2D eigenvalue weighted by molar-refractivity contribution is 4.97. The van der Waals surface area contributed by atoms with Crippen molar-refractivity contribution in [3.8, 4) is 6.07 Å². The molecule has 1 aliphatic rings. The molecule has 1 aliphatic carbocycles. The van der Waals surface area contributed by atoms with Crippen molar-refractivity contribution in [1.29, 1.82) is 5.26 Å². The largest absolute Gasteiger partial charge is 0.395 e. The van der Waals surface area contributed by atoms with E-state index in [4.69, 9.17) is 10.2 Å². The van der Waals surface area contributed by atoms with Gasteiger partial charge in [0.2, 0.25) is 0 Å². The Morgan fingerprint density at radius 1 is 1.22 bits per heavy atom. The molecule has 18 heavy (non-hydrogen) atoms. The van der Waals surface area contributed by atoms with Gasteiger partial charge in [0, 0.05) is 19.1 Å². The lowest BCUT2D eigenvalue weighted by Crippen LogP contribution is -2.46. The number of hydrogen-bond donors (Lipinski definition) is 2. The lowest BCUT2D eigenvalue weighted by atomic mass is 9.76. The van der Waals surface area contributed by atoms with E-state index in [0.29, 0.717) is 19.0 Å². The third-order valence-electron chi connectivity index (χ3n) is 4.03. The van der Waals surface area contributed by atoms with Crippen LogP contribution in [0.15, 0.2) is 0 Å². The molecule has 0 bridgehead atoms. The molecular weight excluding hydrogens is 228 g/mol. The first kappa shape index (κ1) is 15.4. The Labute approximate surface area is 110 Å². The van der Waals surface area contributed by atoms with Crippen molar-refractivity contribution in [3.63, 3.8) is 0 Å². The van der Waals surface area contributed by atoms with Gasteiger partial charge in [-0.1, -0.05) is 19.8 Å². The van der Waals surface area contributed by atoms with Crippen molar-refractivity contribution < 1.29 is 10.2 Å². The minimum absolute atomic E-state index is 0.0520. The molecule has 0 saturated heterocycles. The average molecular weight is 254 g/mol. The van der Waals surface area contributed by atoms with Gasteiger partial charge in [-0.15, -0.1) is 0 Å². The monoisotopic (exact) mass is 254 g/mol. The summed E-state index contributed by atoms with van der Waals surface area (Å²) in [6, 6.07) is 2.62. The maximum absolute atomic E-state index is 9.26. The molecule has 0 aromatic carbocycles. The van der Waals surface area contributed by atoms with E-state index in [2.05, 4.69) is 17.9 Å². The molecule has 1 saturated carbocycles. The predicted molar refractivity (Wildman–Crippen MR) is 70.9 cm³/mol. The average Bonchev–Trinajstić information content (AvgIpc) is 2.39. The Morgan fingerprint density at radius 3 is 2.39 bits per heavy atom. The molecule has 104 valence electrons. The van der Waals surface area contributed by atoms with E-state index < -0.39 is 0 Å². The summed E-state index contributed by atoms with van der Waals surface area (Å²) < 4.78 is 0. The van der Waals surface area contributed by atoms with Crippen LogP contribution in [0, 0.1) is 23.2 Å². The van der Waals surface area contributed by atoms with Gasteiger partial charge in [-0.2, -0.15) is 5.26 Å². The van der Waals surface area contributed by atoms with Crippen LogP contribution >= 0.6 is 0 Å². The number of aliphatic hydroxyl groups excluding tert-OH is 2. The fraction of sp³-hybridized carbons (Fsp3) is 0.929. The number of nitrogens with zero attached hydrogens (tertiary/aromatic N) is 2. The van der Waals surface area contributed by atoms with E-state index in [0.717, 1.165) is 19.3 Å². The van der Waals surface area contributed by atoms with Crippen molar-refractivity contribution in [2.24, 2.45) is 11.8 Å². The molecule has 0 spiro atoms. The Balaban J connectivity index is 2.67. The summed E-state index contributed by atoms with van der Waals surface area (Å²) in [5.74, 6) is 0.751. The van der Waals surface area contributed by atoms with E-state index in [9.17, 15) is 5.26 Å². The van der Waals surface area contributed by atoms with Crippen molar-refractivity contribution in [2.75, 3.05) is 26.3 Å². The highest BCUT2D eigenvalue weighted by Crippen LogP contribution is 2.34. The van der Waals surface area contributed by atoms with Crippen LogP contribution in [-0.2, 0) is 0 Å². The third-order valence-corrected chi connectivity index (χ3v) is 4.03. The topological polar surface area (TPSA) is 67.5 Å². The smallest absolute Gasteiger partial charge is 0.0672 e. The fourth-order valence-electron chi connectivity index (χ4n) is 3.16. The van der Waals surface area contributed by atoms with Crippen LogP contribution in [0.25, 0.3) is 0 Å². The molecule has 3 atom stereocenters. The van der Waals surface area contributed by atoms with Gasteiger partial charge in [0.15, 0.2) is 0 Å². The highest BCUT2D eigenvalue weighted by atomic mass is 16.3.